The predicted octanol–water partition coefficient (Wildman–Crippen LogP) is 0.517. The van der Waals surface area contributed by atoms with Crippen molar-refractivity contribution in [2.45, 2.75) is 6.42 Å². The minimum absolute atomic E-state index is 0.761. The van der Waals surface area contributed by atoms with E-state index >= 15 is 0 Å². The van der Waals surface area contributed by atoms with Gasteiger partial charge in [0.15, 0.2) is 0 Å². The highest BCUT2D eigenvalue weighted by Crippen LogP contribution is 1.97. The van der Waals surface area contributed by atoms with Gasteiger partial charge in [-0.2, -0.15) is 0 Å². The van der Waals surface area contributed by atoms with E-state index in [1.165, 1.54) is 0 Å². The molecule has 1 radical (unpaired) electrons. The standard InChI is InChI=1S/C8H16NO2/c1-10-6-2-3-9-4-7-11-8-5-9/h1-8H2. The second kappa shape index (κ2) is 5.52. The lowest BCUT2D eigenvalue weighted by Crippen LogP contribution is -2.37. The molecule has 1 rings (SSSR count). The molecule has 3 heteroatoms. The van der Waals surface area contributed by atoms with Crippen LogP contribution in [0.4, 0.5) is 0 Å². The van der Waals surface area contributed by atoms with Crippen molar-refractivity contribution in [1.29, 1.82) is 0 Å². The van der Waals surface area contributed by atoms with Crippen LogP contribution >= 0.6 is 0 Å². The fraction of sp³-hybridized carbons (Fsp3) is 0.875. The summed E-state index contributed by atoms with van der Waals surface area (Å²) in [7, 11) is 3.33. The molecule has 0 bridgehead atoms. The van der Waals surface area contributed by atoms with E-state index in [4.69, 9.17) is 9.47 Å². The van der Waals surface area contributed by atoms with Gasteiger partial charge in [0.05, 0.1) is 20.3 Å². The number of nitrogens with zero attached hydrogens (tertiary/aromatic N) is 1. The Hall–Kier alpha value is -0.120. The molecule has 3 nitrogen and oxygen atoms in total. The summed E-state index contributed by atoms with van der Waals surface area (Å²) in [6.07, 6.45) is 1.07. The van der Waals surface area contributed by atoms with Gasteiger partial charge in [-0.3, -0.25) is 4.90 Å². The van der Waals surface area contributed by atoms with Crippen molar-refractivity contribution in [2.24, 2.45) is 0 Å². The zero-order chi connectivity index (χ0) is 7.94. The first-order valence-corrected chi connectivity index (χ1v) is 4.10. The average molecular weight is 158 g/mol. The molecular weight excluding hydrogens is 142 g/mol. The van der Waals surface area contributed by atoms with Crippen molar-refractivity contribution >= 4 is 0 Å². The van der Waals surface area contributed by atoms with Gasteiger partial charge < -0.3 is 9.47 Å². The van der Waals surface area contributed by atoms with Crippen molar-refractivity contribution in [3.63, 3.8) is 0 Å². The van der Waals surface area contributed by atoms with Gasteiger partial charge in [-0.05, 0) is 6.42 Å². The average Bonchev–Trinajstić information content (AvgIpc) is 2.07. The Labute approximate surface area is 68.3 Å². The van der Waals surface area contributed by atoms with Crippen LogP contribution in [0.3, 0.4) is 0 Å². The first kappa shape index (κ1) is 8.97. The molecule has 0 N–H and O–H groups in total. The van der Waals surface area contributed by atoms with Crippen molar-refractivity contribution in [1.82, 2.24) is 4.90 Å². The smallest absolute Gasteiger partial charge is 0.0700 e. The summed E-state index contributed by atoms with van der Waals surface area (Å²) in [5.74, 6) is 0. The molecule has 0 unspecified atom stereocenters. The predicted molar refractivity (Wildman–Crippen MR) is 43.2 cm³/mol. The lowest BCUT2D eigenvalue weighted by Gasteiger charge is -2.26. The molecule has 1 aliphatic heterocycles. The molecule has 0 saturated carbocycles. The maximum atomic E-state index is 5.22. The zero-order valence-corrected chi connectivity index (χ0v) is 6.92. The van der Waals surface area contributed by atoms with Gasteiger partial charge in [0, 0.05) is 26.2 Å². The molecule has 0 aromatic heterocycles. The quantitative estimate of drug-likeness (QED) is 0.557. The third-order valence-electron chi connectivity index (χ3n) is 1.87. The van der Waals surface area contributed by atoms with Crippen LogP contribution in [0.15, 0.2) is 0 Å². The number of hydrogen-bond acceptors (Lipinski definition) is 3. The van der Waals surface area contributed by atoms with Crippen molar-refractivity contribution < 1.29 is 9.47 Å². The highest BCUT2D eigenvalue weighted by atomic mass is 16.5. The fourth-order valence-corrected chi connectivity index (χ4v) is 1.21. The normalized spacial score (nSPS) is 20.5. The minimum Gasteiger partial charge on any atom is -0.379 e. The molecule has 1 saturated heterocycles. The summed E-state index contributed by atoms with van der Waals surface area (Å²) in [6.45, 7) is 5.76. The van der Waals surface area contributed by atoms with Crippen LogP contribution in [0, 0.1) is 7.11 Å². The van der Waals surface area contributed by atoms with E-state index in [9.17, 15) is 0 Å². The van der Waals surface area contributed by atoms with Gasteiger partial charge >= 0.3 is 0 Å². The molecule has 11 heavy (non-hydrogen) atoms. The maximum Gasteiger partial charge on any atom is 0.0700 e. The summed E-state index contributed by atoms with van der Waals surface area (Å²) < 4.78 is 9.95. The number of hydrogen-bond donors (Lipinski definition) is 0. The number of ether oxygens (including phenoxy) is 2. The van der Waals surface area contributed by atoms with Gasteiger partial charge in [-0.25, -0.2) is 0 Å². The molecule has 1 fully saturated rings. The molecule has 0 aromatic rings. The van der Waals surface area contributed by atoms with Crippen LogP contribution in [0.25, 0.3) is 0 Å². The Kier molecular flexibility index (Phi) is 4.50. The zero-order valence-electron chi connectivity index (χ0n) is 6.92. The van der Waals surface area contributed by atoms with Gasteiger partial charge in [-0.1, -0.05) is 0 Å². The molecule has 0 aromatic carbocycles. The van der Waals surface area contributed by atoms with E-state index in [2.05, 4.69) is 12.0 Å². The third kappa shape index (κ3) is 3.70. The lowest BCUT2D eigenvalue weighted by molar-refractivity contribution is 0.0348. The molecule has 65 valence electrons. The molecule has 0 amide bonds. The van der Waals surface area contributed by atoms with Gasteiger partial charge in [0.1, 0.15) is 0 Å². The van der Waals surface area contributed by atoms with Gasteiger partial charge in [0.2, 0.25) is 0 Å². The SMILES string of the molecule is [CH2]OCCCN1CCOCC1. The van der Waals surface area contributed by atoms with Crippen LogP contribution in [0.1, 0.15) is 6.42 Å². The largest absolute Gasteiger partial charge is 0.379 e. The van der Waals surface area contributed by atoms with E-state index in [0.717, 1.165) is 45.9 Å². The molecule has 1 aliphatic rings. The third-order valence-corrected chi connectivity index (χ3v) is 1.87. The molecule has 0 spiro atoms. The Bertz CT molecular complexity index is 92.1. The Morgan fingerprint density at radius 1 is 1.36 bits per heavy atom. The van der Waals surface area contributed by atoms with Crippen molar-refractivity contribution in [2.75, 3.05) is 39.5 Å². The van der Waals surface area contributed by atoms with E-state index in [1.807, 2.05) is 0 Å². The number of morpholine rings is 1. The second-order valence-corrected chi connectivity index (χ2v) is 2.72. The highest BCUT2D eigenvalue weighted by molar-refractivity contribution is 4.60. The van der Waals surface area contributed by atoms with Gasteiger partial charge in [-0.15, -0.1) is 0 Å². The Morgan fingerprint density at radius 2 is 2.09 bits per heavy atom. The summed E-state index contributed by atoms with van der Waals surface area (Å²) in [5, 5.41) is 0. The number of rotatable bonds is 4. The fourth-order valence-electron chi connectivity index (χ4n) is 1.21. The lowest BCUT2D eigenvalue weighted by atomic mass is 10.3. The topological polar surface area (TPSA) is 21.7 Å². The maximum absolute atomic E-state index is 5.22. The minimum atomic E-state index is 0.761. The summed E-state index contributed by atoms with van der Waals surface area (Å²) in [6, 6.07) is 0. The molecule has 1 heterocycles. The van der Waals surface area contributed by atoms with Crippen LogP contribution in [-0.2, 0) is 9.47 Å². The van der Waals surface area contributed by atoms with E-state index in [0.29, 0.717) is 0 Å². The monoisotopic (exact) mass is 158 g/mol. The Morgan fingerprint density at radius 3 is 2.73 bits per heavy atom. The molecule has 0 aliphatic carbocycles. The second-order valence-electron chi connectivity index (χ2n) is 2.72. The van der Waals surface area contributed by atoms with Crippen LogP contribution in [-0.4, -0.2) is 44.4 Å². The van der Waals surface area contributed by atoms with Crippen LogP contribution in [0.5, 0.6) is 0 Å². The Balaban J connectivity index is 1.96. The van der Waals surface area contributed by atoms with E-state index < -0.39 is 0 Å². The first-order valence-electron chi connectivity index (χ1n) is 4.10. The van der Waals surface area contributed by atoms with E-state index in [1.54, 1.807) is 0 Å². The van der Waals surface area contributed by atoms with Crippen LogP contribution < -0.4 is 0 Å². The van der Waals surface area contributed by atoms with Crippen molar-refractivity contribution in [3.8, 4) is 0 Å². The summed E-state index contributed by atoms with van der Waals surface area (Å²) in [5.41, 5.74) is 0. The molecule has 0 atom stereocenters. The highest BCUT2D eigenvalue weighted by Gasteiger charge is 2.08. The van der Waals surface area contributed by atoms with Gasteiger partial charge in [0.25, 0.3) is 0 Å². The summed E-state index contributed by atoms with van der Waals surface area (Å²) in [4.78, 5) is 2.39. The summed E-state index contributed by atoms with van der Waals surface area (Å²) >= 11 is 0. The van der Waals surface area contributed by atoms with Crippen LogP contribution in [0.2, 0.25) is 0 Å². The van der Waals surface area contributed by atoms with Crippen molar-refractivity contribution in [3.05, 3.63) is 7.11 Å². The molecular formula is C8H16NO2. The first-order chi connectivity index (χ1) is 5.43. The van der Waals surface area contributed by atoms with E-state index in [-0.39, 0.29) is 0 Å².